The fourth-order valence-corrected chi connectivity index (χ4v) is 2.40. The molecular formula is C14H22N2OS. The molecule has 0 aromatic heterocycles. The molecule has 0 spiro atoms. The third-order valence-corrected chi connectivity index (χ3v) is 3.79. The van der Waals surface area contributed by atoms with E-state index in [1.807, 2.05) is 0 Å². The maximum atomic E-state index is 8.41. The summed E-state index contributed by atoms with van der Waals surface area (Å²) in [4.78, 5) is 1.27. The van der Waals surface area contributed by atoms with E-state index in [0.29, 0.717) is 12.3 Å². The molecule has 4 heteroatoms. The Morgan fingerprint density at radius 1 is 1.28 bits per heavy atom. The highest BCUT2D eigenvalue weighted by Crippen LogP contribution is 2.26. The van der Waals surface area contributed by atoms with Gasteiger partial charge in [-0.05, 0) is 35.3 Å². The summed E-state index contributed by atoms with van der Waals surface area (Å²) >= 11 is 1.80. The van der Waals surface area contributed by atoms with Crippen molar-refractivity contribution in [2.75, 3.05) is 5.75 Å². The van der Waals surface area contributed by atoms with Gasteiger partial charge in [0.1, 0.15) is 5.84 Å². The minimum atomic E-state index is 0.204. The zero-order chi connectivity index (χ0) is 13.6. The SMILES string of the molecule is CC(C)(C)c1ccc(SCCC/C(N)=N/O)cc1. The van der Waals surface area contributed by atoms with Crippen molar-refractivity contribution < 1.29 is 5.21 Å². The van der Waals surface area contributed by atoms with Crippen molar-refractivity contribution in [2.45, 2.75) is 43.9 Å². The molecule has 0 bridgehead atoms. The van der Waals surface area contributed by atoms with Crippen LogP contribution in [-0.2, 0) is 5.41 Å². The molecule has 3 N–H and O–H groups in total. The Kier molecular flexibility index (Phi) is 5.54. The predicted octanol–water partition coefficient (Wildman–Crippen LogP) is 3.60. The Morgan fingerprint density at radius 3 is 2.39 bits per heavy atom. The topological polar surface area (TPSA) is 58.6 Å². The van der Waals surface area contributed by atoms with Crippen molar-refractivity contribution in [2.24, 2.45) is 10.9 Å². The fourth-order valence-electron chi connectivity index (χ4n) is 1.54. The molecular weight excluding hydrogens is 244 g/mol. The summed E-state index contributed by atoms with van der Waals surface area (Å²) in [5.41, 5.74) is 6.96. The Hall–Kier alpha value is -1.16. The molecule has 0 fully saturated rings. The van der Waals surface area contributed by atoms with Crippen LogP contribution in [0.3, 0.4) is 0 Å². The molecule has 0 heterocycles. The van der Waals surface area contributed by atoms with Gasteiger partial charge in [0, 0.05) is 11.3 Å². The zero-order valence-electron chi connectivity index (χ0n) is 11.3. The first-order valence-electron chi connectivity index (χ1n) is 6.13. The van der Waals surface area contributed by atoms with Crippen LogP contribution in [0.15, 0.2) is 34.3 Å². The Bertz CT molecular complexity index is 393. The number of hydrogen-bond donors (Lipinski definition) is 2. The van der Waals surface area contributed by atoms with Crippen LogP contribution in [0.5, 0.6) is 0 Å². The van der Waals surface area contributed by atoms with E-state index in [9.17, 15) is 0 Å². The standard InChI is InChI=1S/C14H22N2OS/c1-14(2,3)11-6-8-12(9-7-11)18-10-4-5-13(15)16-17/h6-9,17H,4-5,10H2,1-3H3,(H2,15,16). The Morgan fingerprint density at radius 2 is 1.89 bits per heavy atom. The molecule has 1 aromatic carbocycles. The molecule has 1 aromatic rings. The molecule has 0 unspecified atom stereocenters. The van der Waals surface area contributed by atoms with Gasteiger partial charge in [-0.2, -0.15) is 0 Å². The van der Waals surface area contributed by atoms with Gasteiger partial charge in [-0.15, -0.1) is 11.8 Å². The van der Waals surface area contributed by atoms with Crippen LogP contribution >= 0.6 is 11.8 Å². The average Bonchev–Trinajstić information content (AvgIpc) is 2.33. The maximum absolute atomic E-state index is 8.41. The van der Waals surface area contributed by atoms with Crippen molar-refractivity contribution in [3.05, 3.63) is 29.8 Å². The van der Waals surface area contributed by atoms with Crippen LogP contribution in [0, 0.1) is 0 Å². The lowest BCUT2D eigenvalue weighted by Gasteiger charge is -2.19. The van der Waals surface area contributed by atoms with Crippen LogP contribution < -0.4 is 5.73 Å². The summed E-state index contributed by atoms with van der Waals surface area (Å²) in [6.45, 7) is 6.64. The van der Waals surface area contributed by atoms with Gasteiger partial charge < -0.3 is 10.9 Å². The molecule has 0 radical (unpaired) electrons. The summed E-state index contributed by atoms with van der Waals surface area (Å²) in [6, 6.07) is 8.70. The van der Waals surface area contributed by atoms with Crippen molar-refractivity contribution in [1.82, 2.24) is 0 Å². The van der Waals surface area contributed by atoms with E-state index < -0.39 is 0 Å². The number of hydrogen-bond acceptors (Lipinski definition) is 3. The first-order valence-corrected chi connectivity index (χ1v) is 7.12. The van der Waals surface area contributed by atoms with E-state index in [1.165, 1.54) is 10.5 Å². The van der Waals surface area contributed by atoms with Crippen molar-refractivity contribution in [1.29, 1.82) is 0 Å². The second kappa shape index (κ2) is 6.69. The zero-order valence-corrected chi connectivity index (χ0v) is 12.1. The summed E-state index contributed by atoms with van der Waals surface area (Å²) in [6.07, 6.45) is 1.56. The van der Waals surface area contributed by atoms with Crippen molar-refractivity contribution in [3.8, 4) is 0 Å². The summed E-state index contributed by atoms with van der Waals surface area (Å²) in [7, 11) is 0. The molecule has 100 valence electrons. The molecule has 3 nitrogen and oxygen atoms in total. The quantitative estimate of drug-likeness (QED) is 0.214. The minimum Gasteiger partial charge on any atom is -0.409 e. The number of benzene rings is 1. The molecule has 0 aliphatic rings. The lowest BCUT2D eigenvalue weighted by atomic mass is 9.87. The van der Waals surface area contributed by atoms with Crippen LogP contribution in [0.25, 0.3) is 0 Å². The average molecular weight is 266 g/mol. The lowest BCUT2D eigenvalue weighted by Crippen LogP contribution is -2.11. The van der Waals surface area contributed by atoms with Gasteiger partial charge in [0.05, 0.1) is 0 Å². The fraction of sp³-hybridized carbons (Fsp3) is 0.500. The largest absolute Gasteiger partial charge is 0.409 e. The number of thioether (sulfide) groups is 1. The van der Waals surface area contributed by atoms with E-state index in [0.717, 1.165) is 12.2 Å². The van der Waals surface area contributed by atoms with Crippen LogP contribution in [0.4, 0.5) is 0 Å². The van der Waals surface area contributed by atoms with E-state index >= 15 is 0 Å². The molecule has 0 aliphatic heterocycles. The van der Waals surface area contributed by atoms with Gasteiger partial charge >= 0.3 is 0 Å². The van der Waals surface area contributed by atoms with Crippen molar-refractivity contribution in [3.63, 3.8) is 0 Å². The van der Waals surface area contributed by atoms with Gasteiger partial charge in [-0.3, -0.25) is 0 Å². The Balaban J connectivity index is 2.40. The number of amidine groups is 1. The molecule has 0 aliphatic carbocycles. The van der Waals surface area contributed by atoms with Crippen LogP contribution in [0.2, 0.25) is 0 Å². The van der Waals surface area contributed by atoms with Gasteiger partial charge in [0.25, 0.3) is 0 Å². The second-order valence-electron chi connectivity index (χ2n) is 5.32. The van der Waals surface area contributed by atoms with Crippen LogP contribution in [0.1, 0.15) is 39.2 Å². The van der Waals surface area contributed by atoms with Gasteiger partial charge in [-0.1, -0.05) is 38.1 Å². The summed E-state index contributed by atoms with van der Waals surface area (Å²) in [5.74, 6) is 1.28. The minimum absolute atomic E-state index is 0.204. The highest BCUT2D eigenvalue weighted by molar-refractivity contribution is 7.99. The smallest absolute Gasteiger partial charge is 0.139 e. The molecule has 0 amide bonds. The predicted molar refractivity (Wildman–Crippen MR) is 78.5 cm³/mol. The second-order valence-corrected chi connectivity index (χ2v) is 6.49. The Labute approximate surface area is 113 Å². The monoisotopic (exact) mass is 266 g/mol. The molecule has 0 atom stereocenters. The van der Waals surface area contributed by atoms with E-state index in [1.54, 1.807) is 11.8 Å². The molecule has 1 rings (SSSR count). The number of rotatable bonds is 5. The molecule has 0 saturated heterocycles. The molecule has 0 saturated carbocycles. The third kappa shape index (κ3) is 5.00. The van der Waals surface area contributed by atoms with Gasteiger partial charge in [0.15, 0.2) is 0 Å². The number of nitrogens with zero attached hydrogens (tertiary/aromatic N) is 1. The van der Waals surface area contributed by atoms with Crippen LogP contribution in [-0.4, -0.2) is 16.8 Å². The maximum Gasteiger partial charge on any atom is 0.139 e. The normalized spacial score (nSPS) is 12.7. The third-order valence-electron chi connectivity index (χ3n) is 2.69. The first-order chi connectivity index (χ1) is 8.43. The first kappa shape index (κ1) is 14.9. The highest BCUT2D eigenvalue weighted by atomic mass is 32.2. The highest BCUT2D eigenvalue weighted by Gasteiger charge is 2.12. The lowest BCUT2D eigenvalue weighted by molar-refractivity contribution is 0.317. The number of nitrogens with two attached hydrogens (primary N) is 1. The van der Waals surface area contributed by atoms with E-state index in [2.05, 4.69) is 50.2 Å². The number of oxime groups is 1. The summed E-state index contributed by atoms with van der Waals surface area (Å²) in [5, 5.41) is 11.4. The van der Waals surface area contributed by atoms with E-state index in [4.69, 9.17) is 10.9 Å². The van der Waals surface area contributed by atoms with Gasteiger partial charge in [0.2, 0.25) is 0 Å². The van der Waals surface area contributed by atoms with Crippen molar-refractivity contribution >= 4 is 17.6 Å². The molecule has 18 heavy (non-hydrogen) atoms. The summed E-state index contributed by atoms with van der Waals surface area (Å²) < 4.78 is 0. The van der Waals surface area contributed by atoms with E-state index in [-0.39, 0.29) is 5.41 Å². The van der Waals surface area contributed by atoms with Gasteiger partial charge in [-0.25, -0.2) is 0 Å².